The lowest BCUT2D eigenvalue weighted by Gasteiger charge is -2.32. The minimum absolute atomic E-state index is 0.0328. The van der Waals surface area contributed by atoms with Crippen molar-refractivity contribution in [1.29, 1.82) is 0 Å². The van der Waals surface area contributed by atoms with Crippen LogP contribution in [0, 0.1) is 11.3 Å². The van der Waals surface area contributed by atoms with Crippen molar-refractivity contribution in [2.75, 3.05) is 18.4 Å². The van der Waals surface area contributed by atoms with Crippen LogP contribution in [-0.2, 0) is 9.59 Å². The van der Waals surface area contributed by atoms with Gasteiger partial charge < -0.3 is 10.2 Å². The molecule has 1 saturated carbocycles. The Balaban J connectivity index is 1.69. The Morgan fingerprint density at radius 2 is 1.83 bits per heavy atom. The summed E-state index contributed by atoms with van der Waals surface area (Å²) in [5.41, 5.74) is 0.223. The zero-order valence-corrected chi connectivity index (χ0v) is 14.3. The van der Waals surface area contributed by atoms with Gasteiger partial charge in [0, 0.05) is 24.3 Å². The van der Waals surface area contributed by atoms with Gasteiger partial charge in [-0.25, -0.2) is 0 Å². The summed E-state index contributed by atoms with van der Waals surface area (Å²) in [6, 6.07) is 6.85. The third-order valence-corrected chi connectivity index (χ3v) is 5.19. The number of carbonyl (C=O) groups is 3. The number of nitrogens with zero attached hydrogens (tertiary/aromatic N) is 1. The highest BCUT2D eigenvalue weighted by molar-refractivity contribution is 6.13. The number of nitrogens with one attached hydrogen (secondary N) is 1. The largest absolute Gasteiger partial charge is 0.342 e. The summed E-state index contributed by atoms with van der Waals surface area (Å²) in [5.74, 6) is 0.319. The first-order valence-electron chi connectivity index (χ1n) is 8.64. The van der Waals surface area contributed by atoms with Gasteiger partial charge in [-0.1, -0.05) is 19.1 Å². The van der Waals surface area contributed by atoms with Crippen LogP contribution in [0.2, 0.25) is 0 Å². The number of carbonyl (C=O) groups excluding carboxylic acids is 3. The van der Waals surface area contributed by atoms with E-state index >= 15 is 0 Å². The van der Waals surface area contributed by atoms with Gasteiger partial charge in [0.1, 0.15) is 5.41 Å². The first-order chi connectivity index (χ1) is 11.4. The molecule has 128 valence electrons. The minimum Gasteiger partial charge on any atom is -0.342 e. The van der Waals surface area contributed by atoms with Gasteiger partial charge in [0.05, 0.1) is 0 Å². The van der Waals surface area contributed by atoms with E-state index in [0.29, 0.717) is 30.0 Å². The van der Waals surface area contributed by atoms with Crippen LogP contribution in [-0.4, -0.2) is 35.6 Å². The third-order valence-electron chi connectivity index (χ3n) is 5.19. The number of likely N-dealkylation sites (tertiary alicyclic amines) is 1. The number of benzene rings is 1. The van der Waals surface area contributed by atoms with Crippen molar-refractivity contribution in [3.63, 3.8) is 0 Å². The second kappa shape index (κ2) is 6.38. The van der Waals surface area contributed by atoms with Crippen molar-refractivity contribution in [3.05, 3.63) is 29.8 Å². The normalized spacial score (nSPS) is 19.7. The Morgan fingerprint density at radius 3 is 2.42 bits per heavy atom. The number of rotatable bonds is 4. The van der Waals surface area contributed by atoms with E-state index in [4.69, 9.17) is 0 Å². The minimum atomic E-state index is -0.896. The van der Waals surface area contributed by atoms with Crippen molar-refractivity contribution < 1.29 is 14.4 Å². The molecule has 0 atom stereocenters. The van der Waals surface area contributed by atoms with E-state index in [-0.39, 0.29) is 17.6 Å². The van der Waals surface area contributed by atoms with Gasteiger partial charge in [0.15, 0.2) is 5.78 Å². The fourth-order valence-corrected chi connectivity index (χ4v) is 3.24. The Hall–Kier alpha value is -2.17. The van der Waals surface area contributed by atoms with Crippen LogP contribution < -0.4 is 5.32 Å². The van der Waals surface area contributed by atoms with Crippen molar-refractivity contribution >= 4 is 23.3 Å². The molecule has 3 rings (SSSR count). The van der Waals surface area contributed by atoms with Crippen LogP contribution >= 0.6 is 0 Å². The monoisotopic (exact) mass is 328 g/mol. The second-order valence-electron chi connectivity index (χ2n) is 7.15. The molecule has 1 heterocycles. The fraction of sp³-hybridized carbons (Fsp3) is 0.526. The second-order valence-corrected chi connectivity index (χ2v) is 7.15. The number of anilines is 1. The average Bonchev–Trinajstić information content (AvgIpc) is 3.37. The van der Waals surface area contributed by atoms with E-state index in [1.54, 1.807) is 24.3 Å². The first kappa shape index (κ1) is 16.7. The molecule has 2 amide bonds. The maximum atomic E-state index is 12.8. The van der Waals surface area contributed by atoms with Crippen LogP contribution in [0.1, 0.15) is 49.9 Å². The molecule has 0 aromatic heterocycles. The molecule has 1 aromatic carbocycles. The van der Waals surface area contributed by atoms with E-state index in [2.05, 4.69) is 12.2 Å². The van der Waals surface area contributed by atoms with Crippen molar-refractivity contribution in [1.82, 2.24) is 4.90 Å². The zero-order chi connectivity index (χ0) is 17.3. The average molecular weight is 328 g/mol. The molecule has 1 saturated heterocycles. The van der Waals surface area contributed by atoms with E-state index in [1.165, 1.54) is 6.92 Å². The molecular weight excluding hydrogens is 304 g/mol. The highest BCUT2D eigenvalue weighted by Gasteiger charge is 2.58. The van der Waals surface area contributed by atoms with Gasteiger partial charge in [-0.3, -0.25) is 14.4 Å². The number of amides is 2. The van der Waals surface area contributed by atoms with Crippen LogP contribution in [0.15, 0.2) is 24.3 Å². The molecule has 1 aliphatic heterocycles. The lowest BCUT2D eigenvalue weighted by molar-refractivity contribution is -0.143. The topological polar surface area (TPSA) is 66.5 Å². The molecule has 5 nitrogen and oxygen atoms in total. The summed E-state index contributed by atoms with van der Waals surface area (Å²) in [7, 11) is 0. The predicted molar refractivity (Wildman–Crippen MR) is 91.7 cm³/mol. The molecule has 0 bridgehead atoms. The molecule has 2 fully saturated rings. The van der Waals surface area contributed by atoms with E-state index < -0.39 is 5.41 Å². The molecule has 5 heteroatoms. The van der Waals surface area contributed by atoms with E-state index in [9.17, 15) is 14.4 Å². The highest BCUT2D eigenvalue weighted by atomic mass is 16.2. The van der Waals surface area contributed by atoms with E-state index in [1.807, 2.05) is 4.90 Å². The van der Waals surface area contributed by atoms with Crippen LogP contribution in [0.3, 0.4) is 0 Å². The SMILES string of the molecule is CC(=O)c1cccc(NC(=O)C2(C(=O)N3CCC(C)CC3)CC2)c1. The highest BCUT2D eigenvalue weighted by Crippen LogP contribution is 2.48. The van der Waals surface area contributed by atoms with Crippen molar-refractivity contribution in [2.45, 2.75) is 39.5 Å². The first-order valence-corrected chi connectivity index (χ1v) is 8.64. The third kappa shape index (κ3) is 3.21. The molecule has 0 unspecified atom stereocenters. The maximum absolute atomic E-state index is 12.8. The summed E-state index contributed by atoms with van der Waals surface area (Å²) >= 11 is 0. The summed E-state index contributed by atoms with van der Waals surface area (Å²) < 4.78 is 0. The Labute approximate surface area is 142 Å². The summed E-state index contributed by atoms with van der Waals surface area (Å²) in [4.78, 5) is 38.8. The van der Waals surface area contributed by atoms with Crippen molar-refractivity contribution in [3.8, 4) is 0 Å². The summed E-state index contributed by atoms with van der Waals surface area (Å²) in [6.07, 6.45) is 3.22. The van der Waals surface area contributed by atoms with Crippen molar-refractivity contribution in [2.24, 2.45) is 11.3 Å². The standard InChI is InChI=1S/C19H24N2O3/c1-13-6-10-21(11-7-13)18(24)19(8-9-19)17(23)20-16-5-3-4-15(12-16)14(2)22/h3-5,12-13H,6-11H2,1-2H3,(H,20,23). The van der Waals surface area contributed by atoms with E-state index in [0.717, 1.165) is 25.9 Å². The smallest absolute Gasteiger partial charge is 0.240 e. The van der Waals surface area contributed by atoms with Gasteiger partial charge >= 0.3 is 0 Å². The quantitative estimate of drug-likeness (QED) is 0.683. The van der Waals surface area contributed by atoms with Gasteiger partial charge in [-0.2, -0.15) is 0 Å². The zero-order valence-electron chi connectivity index (χ0n) is 14.3. The van der Waals surface area contributed by atoms with Crippen LogP contribution in [0.4, 0.5) is 5.69 Å². The molecular formula is C19H24N2O3. The number of Topliss-reactive ketones (excluding diaryl/α,β-unsaturated/α-hetero) is 1. The van der Waals surface area contributed by atoms with Gasteiger partial charge in [-0.15, -0.1) is 0 Å². The molecule has 1 N–H and O–H groups in total. The van der Waals surface area contributed by atoms with Crippen LogP contribution in [0.25, 0.3) is 0 Å². The molecule has 0 spiro atoms. The Bertz CT molecular complexity index is 671. The molecule has 2 aliphatic rings. The Morgan fingerprint density at radius 1 is 1.17 bits per heavy atom. The van der Waals surface area contributed by atoms with Crippen LogP contribution in [0.5, 0.6) is 0 Å². The molecule has 0 radical (unpaired) electrons. The summed E-state index contributed by atoms with van der Waals surface area (Å²) in [6.45, 7) is 5.18. The molecule has 24 heavy (non-hydrogen) atoms. The lowest BCUT2D eigenvalue weighted by atomic mass is 9.96. The molecule has 1 aliphatic carbocycles. The number of ketones is 1. The fourth-order valence-electron chi connectivity index (χ4n) is 3.24. The van der Waals surface area contributed by atoms with Gasteiger partial charge in [0.2, 0.25) is 11.8 Å². The number of hydrogen-bond acceptors (Lipinski definition) is 3. The summed E-state index contributed by atoms with van der Waals surface area (Å²) in [5, 5.41) is 2.83. The molecule has 1 aromatic rings. The number of piperidine rings is 1. The maximum Gasteiger partial charge on any atom is 0.240 e. The lowest BCUT2D eigenvalue weighted by Crippen LogP contribution is -2.46. The number of hydrogen-bond donors (Lipinski definition) is 1. The Kier molecular flexibility index (Phi) is 4.43. The van der Waals surface area contributed by atoms with Gasteiger partial charge in [0.25, 0.3) is 0 Å². The van der Waals surface area contributed by atoms with Gasteiger partial charge in [-0.05, 0) is 50.7 Å². The predicted octanol–water partition coefficient (Wildman–Crippen LogP) is 2.87.